The van der Waals surface area contributed by atoms with E-state index in [1.54, 1.807) is 30.3 Å². The lowest BCUT2D eigenvalue weighted by Crippen LogP contribution is -2.27. The molecule has 0 bridgehead atoms. The minimum Gasteiger partial charge on any atom is -0.384 e. The van der Waals surface area contributed by atoms with E-state index in [2.05, 4.69) is 22.0 Å². The van der Waals surface area contributed by atoms with Crippen molar-refractivity contribution in [1.29, 1.82) is 0 Å². The van der Waals surface area contributed by atoms with Crippen molar-refractivity contribution in [1.82, 2.24) is 24.5 Å². The average Bonchev–Trinajstić information content (AvgIpc) is 3.20. The van der Waals surface area contributed by atoms with Gasteiger partial charge in [-0.25, -0.2) is 9.97 Å². The first kappa shape index (κ1) is 15.4. The zero-order chi connectivity index (χ0) is 16.4. The highest BCUT2D eigenvalue weighted by Crippen LogP contribution is 2.21. The lowest BCUT2D eigenvalue weighted by Gasteiger charge is -2.17. The predicted molar refractivity (Wildman–Crippen MR) is 90.4 cm³/mol. The highest BCUT2D eigenvalue weighted by atomic mass is 32.1. The Morgan fingerprint density at radius 3 is 2.96 bits per heavy atom. The number of thiazole rings is 1. The van der Waals surface area contributed by atoms with Gasteiger partial charge in [0.05, 0.1) is 0 Å². The zero-order valence-electron chi connectivity index (χ0n) is 13.1. The number of rotatable bonds is 5. The molecule has 0 aromatic carbocycles. The fraction of sp³-hybridized carbons (Fsp3) is 0.333. The zero-order valence-corrected chi connectivity index (χ0v) is 13.9. The molecule has 1 amide bonds. The van der Waals surface area contributed by atoms with Gasteiger partial charge in [-0.05, 0) is 18.6 Å². The maximum atomic E-state index is 12.5. The number of nitrogens with two attached hydrogens (primary N) is 1. The number of carbonyl (C=O) groups is 1. The van der Waals surface area contributed by atoms with E-state index in [1.165, 1.54) is 15.9 Å². The first-order valence-electron chi connectivity index (χ1n) is 7.41. The standard InChI is InChI=1S/C15H18N6OS/c1-3-4-6-20(2)15(22)10-8-11(16)21-12(9-10)18-13(19-21)14-17-5-7-23-14/h5,7-9H,3-4,6,16H2,1-2H3. The third kappa shape index (κ3) is 3.02. The summed E-state index contributed by atoms with van der Waals surface area (Å²) in [5, 5.41) is 6.94. The smallest absolute Gasteiger partial charge is 0.253 e. The maximum absolute atomic E-state index is 12.5. The summed E-state index contributed by atoms with van der Waals surface area (Å²) in [4.78, 5) is 22.8. The Labute approximate surface area is 137 Å². The molecular weight excluding hydrogens is 312 g/mol. The number of unbranched alkanes of at least 4 members (excludes halogenated alkanes) is 1. The van der Waals surface area contributed by atoms with Crippen LogP contribution in [0.4, 0.5) is 5.82 Å². The molecular formula is C15H18N6OS. The second-order valence-electron chi connectivity index (χ2n) is 5.29. The summed E-state index contributed by atoms with van der Waals surface area (Å²) in [6.07, 6.45) is 3.71. The molecule has 8 heteroatoms. The lowest BCUT2D eigenvalue weighted by molar-refractivity contribution is 0.0793. The van der Waals surface area contributed by atoms with Crippen LogP contribution in [0.15, 0.2) is 23.7 Å². The average molecular weight is 330 g/mol. The summed E-state index contributed by atoms with van der Waals surface area (Å²) in [6, 6.07) is 3.35. The largest absolute Gasteiger partial charge is 0.384 e. The minimum absolute atomic E-state index is 0.0635. The Bertz CT molecular complexity index is 826. The van der Waals surface area contributed by atoms with Crippen LogP contribution in [-0.4, -0.2) is 44.0 Å². The molecule has 0 saturated heterocycles. The SMILES string of the molecule is CCCCN(C)C(=O)c1cc(N)n2nc(-c3nccs3)nc2c1. The Kier molecular flexibility index (Phi) is 4.24. The van der Waals surface area contributed by atoms with E-state index in [0.29, 0.717) is 22.9 Å². The second-order valence-corrected chi connectivity index (χ2v) is 6.19. The van der Waals surface area contributed by atoms with Gasteiger partial charge in [-0.15, -0.1) is 16.4 Å². The molecule has 3 rings (SSSR count). The van der Waals surface area contributed by atoms with E-state index < -0.39 is 0 Å². The van der Waals surface area contributed by atoms with Crippen LogP contribution < -0.4 is 5.73 Å². The van der Waals surface area contributed by atoms with Crippen molar-refractivity contribution in [3.05, 3.63) is 29.3 Å². The number of anilines is 1. The first-order valence-corrected chi connectivity index (χ1v) is 8.29. The normalized spacial score (nSPS) is 11.0. The van der Waals surface area contributed by atoms with Crippen LogP contribution in [0.25, 0.3) is 16.5 Å². The number of aromatic nitrogens is 4. The molecule has 23 heavy (non-hydrogen) atoms. The van der Waals surface area contributed by atoms with Crippen LogP contribution >= 0.6 is 11.3 Å². The molecule has 0 unspecified atom stereocenters. The molecule has 0 saturated carbocycles. The molecule has 0 fully saturated rings. The van der Waals surface area contributed by atoms with Gasteiger partial charge in [0.1, 0.15) is 5.82 Å². The van der Waals surface area contributed by atoms with Crippen molar-refractivity contribution in [2.75, 3.05) is 19.3 Å². The molecule has 0 atom stereocenters. The molecule has 0 spiro atoms. The van der Waals surface area contributed by atoms with E-state index in [0.717, 1.165) is 24.4 Å². The molecule has 2 N–H and O–H groups in total. The third-order valence-electron chi connectivity index (χ3n) is 3.53. The Hall–Kier alpha value is -2.48. The molecule has 0 aliphatic carbocycles. The van der Waals surface area contributed by atoms with Gasteiger partial charge in [0, 0.05) is 30.7 Å². The lowest BCUT2D eigenvalue weighted by atomic mass is 10.2. The van der Waals surface area contributed by atoms with Crippen molar-refractivity contribution in [3.8, 4) is 10.8 Å². The predicted octanol–water partition coefficient (Wildman–Crippen LogP) is 2.31. The van der Waals surface area contributed by atoms with Gasteiger partial charge < -0.3 is 10.6 Å². The summed E-state index contributed by atoms with van der Waals surface area (Å²) in [6.45, 7) is 2.82. The quantitative estimate of drug-likeness (QED) is 0.775. The van der Waals surface area contributed by atoms with Crippen LogP contribution in [0.3, 0.4) is 0 Å². The van der Waals surface area contributed by atoms with Crippen molar-refractivity contribution < 1.29 is 4.79 Å². The maximum Gasteiger partial charge on any atom is 0.253 e. The van der Waals surface area contributed by atoms with Gasteiger partial charge in [0.25, 0.3) is 5.91 Å². The summed E-state index contributed by atoms with van der Waals surface area (Å²) < 4.78 is 1.53. The van der Waals surface area contributed by atoms with Crippen molar-refractivity contribution in [3.63, 3.8) is 0 Å². The van der Waals surface area contributed by atoms with Crippen molar-refractivity contribution in [2.45, 2.75) is 19.8 Å². The molecule has 3 aromatic rings. The number of carbonyl (C=O) groups excluding carboxylic acids is 1. The van der Waals surface area contributed by atoms with Gasteiger partial charge in [-0.2, -0.15) is 4.52 Å². The Morgan fingerprint density at radius 2 is 2.26 bits per heavy atom. The molecule has 0 radical (unpaired) electrons. The molecule has 120 valence electrons. The number of nitrogen functional groups attached to an aromatic ring is 1. The van der Waals surface area contributed by atoms with Crippen LogP contribution in [-0.2, 0) is 0 Å². The summed E-state index contributed by atoms with van der Waals surface area (Å²) in [7, 11) is 1.79. The van der Waals surface area contributed by atoms with Gasteiger partial charge in [0.2, 0.25) is 5.82 Å². The summed E-state index contributed by atoms with van der Waals surface area (Å²) >= 11 is 1.46. The minimum atomic E-state index is -0.0635. The van der Waals surface area contributed by atoms with Crippen LogP contribution in [0.2, 0.25) is 0 Å². The highest BCUT2D eigenvalue weighted by Gasteiger charge is 2.16. The molecule has 3 aromatic heterocycles. The van der Waals surface area contributed by atoms with Gasteiger partial charge >= 0.3 is 0 Å². The molecule has 0 aliphatic heterocycles. The Balaban J connectivity index is 1.96. The number of fused-ring (bicyclic) bond motifs is 1. The number of hydrogen-bond donors (Lipinski definition) is 1. The van der Waals surface area contributed by atoms with Gasteiger partial charge in [0.15, 0.2) is 10.7 Å². The van der Waals surface area contributed by atoms with E-state index in [1.807, 2.05) is 5.38 Å². The van der Waals surface area contributed by atoms with Crippen molar-refractivity contribution in [2.24, 2.45) is 0 Å². The van der Waals surface area contributed by atoms with Crippen LogP contribution in [0.1, 0.15) is 30.1 Å². The van der Waals surface area contributed by atoms with E-state index in [4.69, 9.17) is 5.73 Å². The number of nitrogens with zero attached hydrogens (tertiary/aromatic N) is 5. The number of pyridine rings is 1. The molecule has 3 heterocycles. The van der Waals surface area contributed by atoms with E-state index in [9.17, 15) is 4.79 Å². The van der Waals surface area contributed by atoms with Crippen LogP contribution in [0, 0.1) is 0 Å². The Morgan fingerprint density at radius 1 is 1.43 bits per heavy atom. The van der Waals surface area contributed by atoms with Gasteiger partial charge in [-0.1, -0.05) is 13.3 Å². The summed E-state index contributed by atoms with van der Waals surface area (Å²) in [5.41, 5.74) is 7.10. The molecule has 0 aliphatic rings. The van der Waals surface area contributed by atoms with Crippen LogP contribution in [0.5, 0.6) is 0 Å². The topological polar surface area (TPSA) is 89.4 Å². The number of amides is 1. The monoisotopic (exact) mass is 330 g/mol. The highest BCUT2D eigenvalue weighted by molar-refractivity contribution is 7.13. The van der Waals surface area contributed by atoms with Gasteiger partial charge in [-0.3, -0.25) is 4.79 Å². The fourth-order valence-corrected chi connectivity index (χ4v) is 2.84. The van der Waals surface area contributed by atoms with E-state index >= 15 is 0 Å². The molecule has 7 nitrogen and oxygen atoms in total. The second kappa shape index (κ2) is 6.33. The number of hydrogen-bond acceptors (Lipinski definition) is 6. The van der Waals surface area contributed by atoms with E-state index in [-0.39, 0.29) is 5.91 Å². The first-order chi connectivity index (χ1) is 11.1. The fourth-order valence-electron chi connectivity index (χ4n) is 2.27. The van der Waals surface area contributed by atoms with Crippen molar-refractivity contribution >= 4 is 28.7 Å². The third-order valence-corrected chi connectivity index (χ3v) is 4.30. The summed E-state index contributed by atoms with van der Waals surface area (Å²) in [5.74, 6) is 0.826.